The first-order valence-electron chi connectivity index (χ1n) is 8.97. The van der Waals surface area contributed by atoms with Crippen molar-refractivity contribution in [2.75, 3.05) is 6.61 Å². The molecule has 1 aromatic carbocycles. The van der Waals surface area contributed by atoms with Crippen molar-refractivity contribution in [3.05, 3.63) is 64.3 Å². The van der Waals surface area contributed by atoms with Crippen LogP contribution in [-0.2, 0) is 0 Å². The lowest BCUT2D eigenvalue weighted by atomic mass is 9.65. The maximum atomic E-state index is 11.0. The maximum Gasteiger partial charge on any atom is 0.108 e. The Morgan fingerprint density at radius 1 is 1.24 bits per heavy atom. The Kier molecular flexibility index (Phi) is 4.76. The first kappa shape index (κ1) is 18.1. The Morgan fingerprint density at radius 3 is 2.44 bits per heavy atom. The first-order chi connectivity index (χ1) is 11.8. The van der Waals surface area contributed by atoms with E-state index in [-0.39, 0.29) is 12.0 Å². The predicted molar refractivity (Wildman–Crippen MR) is 101 cm³/mol. The fraction of sp³-hybridized carbons (Fsp3) is 0.455. The normalized spacial score (nSPS) is 30.2. The van der Waals surface area contributed by atoms with Crippen LogP contribution in [0.4, 0.5) is 0 Å². The molecular weight excluding hydrogens is 312 g/mol. The summed E-state index contributed by atoms with van der Waals surface area (Å²) < 4.78 is 0. The molecule has 0 aromatic heterocycles. The zero-order valence-corrected chi connectivity index (χ0v) is 15.3. The summed E-state index contributed by atoms with van der Waals surface area (Å²) in [5.41, 5.74) is 3.73. The minimum Gasteiger partial charge on any atom is -0.392 e. The number of rotatable bonds is 4. The second-order valence-electron chi connectivity index (χ2n) is 7.66. The molecule has 0 bridgehead atoms. The second kappa shape index (κ2) is 6.56. The Morgan fingerprint density at radius 2 is 1.88 bits per heavy atom. The van der Waals surface area contributed by atoms with Crippen LogP contribution in [0.2, 0.25) is 0 Å². The summed E-state index contributed by atoms with van der Waals surface area (Å²) >= 11 is 0. The summed E-state index contributed by atoms with van der Waals surface area (Å²) in [6, 6.07) is 10.2. The van der Waals surface area contributed by atoms with Gasteiger partial charge in [-0.25, -0.2) is 0 Å². The number of hydrogen-bond donors (Lipinski definition) is 3. The van der Waals surface area contributed by atoms with Gasteiger partial charge in [0.05, 0.1) is 6.61 Å². The number of aliphatic hydroxyl groups excluding tert-OH is 2. The van der Waals surface area contributed by atoms with Gasteiger partial charge in [-0.15, -0.1) is 0 Å². The quantitative estimate of drug-likeness (QED) is 0.784. The average Bonchev–Trinajstić information content (AvgIpc) is 3.39. The molecule has 3 heteroatoms. The summed E-state index contributed by atoms with van der Waals surface area (Å²) in [5, 5.41) is 31.2. The van der Waals surface area contributed by atoms with E-state index in [1.165, 1.54) is 5.57 Å². The van der Waals surface area contributed by atoms with Crippen molar-refractivity contribution in [3.8, 4) is 0 Å². The largest absolute Gasteiger partial charge is 0.392 e. The molecule has 0 saturated heterocycles. The van der Waals surface area contributed by atoms with Crippen LogP contribution in [0, 0.1) is 5.41 Å². The van der Waals surface area contributed by atoms with Gasteiger partial charge in [-0.3, -0.25) is 0 Å². The smallest absolute Gasteiger partial charge is 0.108 e. The summed E-state index contributed by atoms with van der Waals surface area (Å²) in [6.45, 7) is 5.74. The topological polar surface area (TPSA) is 60.7 Å². The molecule has 3 nitrogen and oxygen atoms in total. The van der Waals surface area contributed by atoms with Crippen LogP contribution in [0.25, 0.3) is 6.08 Å². The Bertz CT molecular complexity index is 734. The van der Waals surface area contributed by atoms with Crippen molar-refractivity contribution < 1.29 is 15.3 Å². The molecule has 1 unspecified atom stereocenters. The van der Waals surface area contributed by atoms with E-state index in [1.807, 2.05) is 18.2 Å². The van der Waals surface area contributed by atoms with Gasteiger partial charge in [-0.2, -0.15) is 0 Å². The van der Waals surface area contributed by atoms with Crippen LogP contribution >= 0.6 is 0 Å². The molecular formula is C22H28O3. The highest BCUT2D eigenvalue weighted by Gasteiger charge is 2.63. The summed E-state index contributed by atoms with van der Waals surface area (Å²) in [4.78, 5) is 0. The third-order valence-corrected chi connectivity index (χ3v) is 6.04. The van der Waals surface area contributed by atoms with Crippen molar-refractivity contribution in [2.24, 2.45) is 5.41 Å². The Hall–Kier alpha value is -1.68. The zero-order chi connectivity index (χ0) is 18.2. The van der Waals surface area contributed by atoms with Crippen molar-refractivity contribution >= 4 is 6.08 Å². The molecule has 1 aromatic rings. The van der Waals surface area contributed by atoms with Gasteiger partial charge >= 0.3 is 0 Å². The molecule has 3 rings (SSSR count). The van der Waals surface area contributed by atoms with Crippen molar-refractivity contribution in [1.82, 2.24) is 0 Å². The van der Waals surface area contributed by atoms with Crippen molar-refractivity contribution in [1.29, 1.82) is 0 Å². The van der Waals surface area contributed by atoms with Gasteiger partial charge in [0, 0.05) is 5.41 Å². The Labute approximate surface area is 150 Å². The van der Waals surface area contributed by atoms with E-state index >= 15 is 0 Å². The highest BCUT2D eigenvalue weighted by Crippen LogP contribution is 2.64. The van der Waals surface area contributed by atoms with Crippen molar-refractivity contribution in [2.45, 2.75) is 51.7 Å². The third-order valence-electron chi connectivity index (χ3n) is 6.04. The lowest BCUT2D eigenvalue weighted by Gasteiger charge is -2.45. The zero-order valence-electron chi connectivity index (χ0n) is 15.3. The number of aliphatic hydroxyl groups is 3. The fourth-order valence-corrected chi connectivity index (χ4v) is 4.35. The predicted octanol–water partition coefficient (Wildman–Crippen LogP) is 3.62. The molecule has 1 fully saturated rings. The number of hydrogen-bond acceptors (Lipinski definition) is 3. The van der Waals surface area contributed by atoms with Crippen LogP contribution < -0.4 is 0 Å². The maximum absolute atomic E-state index is 11.0. The molecule has 0 amide bonds. The van der Waals surface area contributed by atoms with Gasteiger partial charge < -0.3 is 15.3 Å². The summed E-state index contributed by atoms with van der Waals surface area (Å²) in [5.74, 6) is 0. The van der Waals surface area contributed by atoms with Gasteiger partial charge in [0.1, 0.15) is 11.7 Å². The molecule has 2 aliphatic carbocycles. The minimum absolute atomic E-state index is 0.145. The molecule has 134 valence electrons. The molecule has 2 aliphatic rings. The van der Waals surface area contributed by atoms with E-state index in [2.05, 4.69) is 32.1 Å². The highest BCUT2D eigenvalue weighted by atomic mass is 16.3. The van der Waals surface area contributed by atoms with Gasteiger partial charge in [0.15, 0.2) is 0 Å². The van der Waals surface area contributed by atoms with Crippen LogP contribution in [-0.4, -0.2) is 33.6 Å². The molecule has 3 N–H and O–H groups in total. The molecule has 25 heavy (non-hydrogen) atoms. The van der Waals surface area contributed by atoms with Gasteiger partial charge in [0.25, 0.3) is 0 Å². The van der Waals surface area contributed by atoms with Crippen LogP contribution in [0.15, 0.2) is 58.7 Å². The van der Waals surface area contributed by atoms with Gasteiger partial charge in [-0.05, 0) is 56.7 Å². The molecule has 1 spiro atoms. The van der Waals surface area contributed by atoms with Crippen LogP contribution in [0.5, 0.6) is 0 Å². The average molecular weight is 340 g/mol. The minimum atomic E-state index is -1.18. The van der Waals surface area contributed by atoms with Crippen LogP contribution in [0.1, 0.15) is 45.6 Å². The molecule has 0 aliphatic heterocycles. The fourth-order valence-electron chi connectivity index (χ4n) is 4.35. The monoisotopic (exact) mass is 340 g/mol. The van der Waals surface area contributed by atoms with Gasteiger partial charge in [0.2, 0.25) is 0 Å². The lowest BCUT2D eigenvalue weighted by molar-refractivity contribution is -0.0895. The molecule has 0 radical (unpaired) electrons. The first-order valence-corrected chi connectivity index (χ1v) is 8.97. The van der Waals surface area contributed by atoms with E-state index < -0.39 is 11.7 Å². The van der Waals surface area contributed by atoms with Crippen LogP contribution in [0.3, 0.4) is 0 Å². The van der Waals surface area contributed by atoms with E-state index in [9.17, 15) is 15.3 Å². The molecule has 2 atom stereocenters. The van der Waals surface area contributed by atoms with Gasteiger partial charge in [-0.1, -0.05) is 53.6 Å². The van der Waals surface area contributed by atoms with E-state index in [0.717, 1.165) is 29.6 Å². The van der Waals surface area contributed by atoms with E-state index in [1.54, 1.807) is 13.0 Å². The number of allylic oxidation sites excluding steroid dienone is 1. The SMILES string of the molecule is CC(=Cc1ccccc1)CC1=C(C)C2(CC2)[C@@](C)(O)C(O)C1=CCO. The van der Waals surface area contributed by atoms with Crippen molar-refractivity contribution in [3.63, 3.8) is 0 Å². The Balaban J connectivity index is 2.00. The van der Waals surface area contributed by atoms with E-state index in [4.69, 9.17) is 0 Å². The number of benzene rings is 1. The second-order valence-corrected chi connectivity index (χ2v) is 7.66. The molecule has 1 saturated carbocycles. The third kappa shape index (κ3) is 3.01. The van der Waals surface area contributed by atoms with E-state index in [0.29, 0.717) is 12.0 Å². The lowest BCUT2D eigenvalue weighted by Crippen LogP contribution is -2.52. The summed E-state index contributed by atoms with van der Waals surface area (Å²) in [6.07, 6.45) is 5.34. The summed E-state index contributed by atoms with van der Waals surface area (Å²) in [7, 11) is 0. The standard InChI is InChI=1S/C22H28O3/c1-15(13-17-7-5-4-6-8-17)14-19-16(2)22(10-11-22)21(3,25)20(24)18(19)9-12-23/h4-9,13,20,23-25H,10-12,14H2,1-3H3/t20?,21-/m0/s1. The molecule has 0 heterocycles. The highest BCUT2D eigenvalue weighted by molar-refractivity contribution is 5.57.